The number of carbonyl (C=O) groups excluding carboxylic acids is 1. The van der Waals surface area contributed by atoms with Gasteiger partial charge in [-0.2, -0.15) is 10.2 Å². The van der Waals surface area contributed by atoms with Crippen molar-refractivity contribution in [2.24, 2.45) is 7.05 Å². The summed E-state index contributed by atoms with van der Waals surface area (Å²) in [6.07, 6.45) is 1.81. The summed E-state index contributed by atoms with van der Waals surface area (Å²) in [6.45, 7) is 2.48. The lowest BCUT2D eigenvalue weighted by Crippen LogP contribution is -2.14. The van der Waals surface area contributed by atoms with E-state index in [1.54, 1.807) is 22.5 Å². The van der Waals surface area contributed by atoms with Crippen LogP contribution in [-0.4, -0.2) is 25.5 Å². The molecule has 1 amide bonds. The molecule has 0 aliphatic heterocycles. The Labute approximate surface area is 152 Å². The van der Waals surface area contributed by atoms with Crippen molar-refractivity contribution in [3.63, 3.8) is 0 Å². The Balaban J connectivity index is 1.70. The van der Waals surface area contributed by atoms with E-state index in [2.05, 4.69) is 31.4 Å². The van der Waals surface area contributed by atoms with Crippen molar-refractivity contribution in [3.8, 4) is 0 Å². The Kier molecular flexibility index (Phi) is 4.73. The van der Waals surface area contributed by atoms with Gasteiger partial charge in [0, 0.05) is 24.3 Å². The molecule has 124 valence electrons. The largest absolute Gasteiger partial charge is 0.304 e. The molecule has 0 fully saturated rings. The van der Waals surface area contributed by atoms with Crippen molar-refractivity contribution in [2.75, 3.05) is 5.32 Å². The quantitative estimate of drug-likeness (QED) is 0.717. The van der Waals surface area contributed by atoms with Gasteiger partial charge in [0.1, 0.15) is 0 Å². The van der Waals surface area contributed by atoms with Gasteiger partial charge < -0.3 is 5.32 Å². The van der Waals surface area contributed by atoms with Crippen molar-refractivity contribution in [2.45, 2.75) is 13.5 Å². The number of anilines is 1. The third-order valence-corrected chi connectivity index (χ3v) is 4.82. The average molecular weight is 409 g/mol. The molecule has 0 atom stereocenters. The van der Waals surface area contributed by atoms with Crippen LogP contribution in [0.1, 0.15) is 21.7 Å². The van der Waals surface area contributed by atoms with Gasteiger partial charge in [0.25, 0.3) is 5.91 Å². The van der Waals surface area contributed by atoms with Crippen molar-refractivity contribution in [1.82, 2.24) is 19.6 Å². The minimum Gasteiger partial charge on any atom is -0.304 e. The van der Waals surface area contributed by atoms with E-state index in [0.29, 0.717) is 27.6 Å². The molecule has 1 aromatic carbocycles. The molecule has 1 N–H and O–H groups in total. The fourth-order valence-corrected chi connectivity index (χ4v) is 2.84. The highest BCUT2D eigenvalue weighted by molar-refractivity contribution is 9.10. The minimum absolute atomic E-state index is 0.303. The van der Waals surface area contributed by atoms with E-state index < -0.39 is 0 Å². The molecular weight excluding hydrogens is 394 g/mol. The monoisotopic (exact) mass is 407 g/mol. The Morgan fingerprint density at radius 3 is 2.58 bits per heavy atom. The number of nitrogens with zero attached hydrogens (tertiary/aromatic N) is 4. The van der Waals surface area contributed by atoms with Crippen molar-refractivity contribution < 1.29 is 4.79 Å². The SMILES string of the molecule is Cc1c(Br)c(C(=O)Nc2ccn(Cc3ccc(Cl)cc3)n2)nn1C. The number of nitrogens with one attached hydrogen (secondary N) is 1. The zero-order valence-corrected chi connectivity index (χ0v) is 15.5. The van der Waals surface area contributed by atoms with E-state index in [-0.39, 0.29) is 5.91 Å². The zero-order chi connectivity index (χ0) is 17.3. The lowest BCUT2D eigenvalue weighted by atomic mass is 10.2. The molecule has 0 aliphatic rings. The highest BCUT2D eigenvalue weighted by Crippen LogP contribution is 2.21. The number of amides is 1. The molecule has 0 bridgehead atoms. The Hall–Kier alpha value is -2.12. The Bertz CT molecular complexity index is 885. The van der Waals surface area contributed by atoms with Crippen LogP contribution in [0.5, 0.6) is 0 Å². The molecule has 2 heterocycles. The van der Waals surface area contributed by atoms with Crippen LogP contribution in [0.2, 0.25) is 5.02 Å². The van der Waals surface area contributed by atoms with Crippen LogP contribution in [0.4, 0.5) is 5.82 Å². The standard InChI is InChI=1S/C16H15BrClN5O/c1-10-14(17)15(21-22(10)2)16(24)19-13-7-8-23(20-13)9-11-3-5-12(18)6-4-11/h3-8H,9H2,1-2H3,(H,19,20,24). The first-order chi connectivity index (χ1) is 11.4. The van der Waals surface area contributed by atoms with Crippen molar-refractivity contribution in [1.29, 1.82) is 0 Å². The van der Waals surface area contributed by atoms with E-state index in [1.807, 2.05) is 37.4 Å². The van der Waals surface area contributed by atoms with Gasteiger partial charge in [0.2, 0.25) is 0 Å². The summed E-state index contributed by atoms with van der Waals surface area (Å²) >= 11 is 9.27. The summed E-state index contributed by atoms with van der Waals surface area (Å²) in [5.74, 6) is 0.173. The van der Waals surface area contributed by atoms with Crippen LogP contribution in [-0.2, 0) is 13.6 Å². The second kappa shape index (κ2) is 6.78. The van der Waals surface area contributed by atoms with Crippen molar-refractivity contribution in [3.05, 3.63) is 63.0 Å². The number of halogens is 2. The van der Waals surface area contributed by atoms with Crippen LogP contribution in [0, 0.1) is 6.92 Å². The summed E-state index contributed by atoms with van der Waals surface area (Å²) in [5.41, 5.74) is 2.29. The number of hydrogen-bond acceptors (Lipinski definition) is 3. The maximum Gasteiger partial charge on any atom is 0.278 e. The molecular formula is C16H15BrClN5O. The maximum absolute atomic E-state index is 12.3. The van der Waals surface area contributed by atoms with Gasteiger partial charge in [-0.1, -0.05) is 23.7 Å². The first kappa shape index (κ1) is 16.7. The van der Waals surface area contributed by atoms with Gasteiger partial charge in [-0.3, -0.25) is 14.2 Å². The molecule has 3 aromatic rings. The minimum atomic E-state index is -0.303. The number of hydrogen-bond donors (Lipinski definition) is 1. The van der Waals surface area contributed by atoms with E-state index >= 15 is 0 Å². The molecule has 0 saturated heterocycles. The fourth-order valence-electron chi connectivity index (χ4n) is 2.20. The maximum atomic E-state index is 12.3. The third-order valence-electron chi connectivity index (χ3n) is 3.62. The van der Waals surface area contributed by atoms with Gasteiger partial charge >= 0.3 is 0 Å². The molecule has 0 spiro atoms. The lowest BCUT2D eigenvalue weighted by Gasteiger charge is -2.02. The smallest absolute Gasteiger partial charge is 0.278 e. The summed E-state index contributed by atoms with van der Waals surface area (Å²) in [6, 6.07) is 9.30. The molecule has 0 saturated carbocycles. The molecule has 2 aromatic heterocycles. The highest BCUT2D eigenvalue weighted by atomic mass is 79.9. The number of benzene rings is 1. The van der Waals surface area contributed by atoms with E-state index in [9.17, 15) is 4.79 Å². The van der Waals surface area contributed by atoms with E-state index in [0.717, 1.165) is 11.3 Å². The van der Waals surface area contributed by atoms with Crippen LogP contribution < -0.4 is 5.32 Å². The Morgan fingerprint density at radius 2 is 1.96 bits per heavy atom. The fraction of sp³-hybridized carbons (Fsp3) is 0.188. The first-order valence-corrected chi connectivity index (χ1v) is 8.39. The molecule has 0 unspecified atom stereocenters. The predicted octanol–water partition coefficient (Wildman–Crippen LogP) is 3.64. The highest BCUT2D eigenvalue weighted by Gasteiger charge is 2.18. The zero-order valence-electron chi connectivity index (χ0n) is 13.1. The van der Waals surface area contributed by atoms with Gasteiger partial charge in [0.05, 0.1) is 16.7 Å². The number of aromatic nitrogens is 4. The van der Waals surface area contributed by atoms with Crippen LogP contribution in [0.3, 0.4) is 0 Å². The number of carbonyl (C=O) groups is 1. The number of aryl methyl sites for hydroxylation is 1. The van der Waals surface area contributed by atoms with Gasteiger partial charge in [-0.25, -0.2) is 0 Å². The summed E-state index contributed by atoms with van der Waals surface area (Å²) in [5, 5.41) is 12.0. The molecule has 0 radical (unpaired) electrons. The second-order valence-corrected chi connectivity index (χ2v) is 6.58. The third kappa shape index (κ3) is 3.52. The normalized spacial score (nSPS) is 10.8. The molecule has 8 heteroatoms. The molecule has 24 heavy (non-hydrogen) atoms. The summed E-state index contributed by atoms with van der Waals surface area (Å²) in [7, 11) is 1.79. The number of rotatable bonds is 4. The molecule has 6 nitrogen and oxygen atoms in total. The Morgan fingerprint density at radius 1 is 1.25 bits per heavy atom. The van der Waals surface area contributed by atoms with Crippen LogP contribution in [0.25, 0.3) is 0 Å². The van der Waals surface area contributed by atoms with Crippen molar-refractivity contribution >= 4 is 39.3 Å². The van der Waals surface area contributed by atoms with Gasteiger partial charge in [-0.05, 0) is 40.5 Å². The second-order valence-electron chi connectivity index (χ2n) is 5.35. The lowest BCUT2D eigenvalue weighted by molar-refractivity contribution is 0.102. The van der Waals surface area contributed by atoms with Crippen LogP contribution in [0.15, 0.2) is 41.0 Å². The van der Waals surface area contributed by atoms with E-state index in [1.165, 1.54) is 0 Å². The van der Waals surface area contributed by atoms with Gasteiger partial charge in [-0.15, -0.1) is 0 Å². The molecule has 3 rings (SSSR count). The summed E-state index contributed by atoms with van der Waals surface area (Å²) in [4.78, 5) is 12.3. The van der Waals surface area contributed by atoms with E-state index in [4.69, 9.17) is 11.6 Å². The first-order valence-electron chi connectivity index (χ1n) is 7.22. The predicted molar refractivity (Wildman–Crippen MR) is 96.4 cm³/mol. The topological polar surface area (TPSA) is 64.7 Å². The van der Waals surface area contributed by atoms with Gasteiger partial charge in [0.15, 0.2) is 11.5 Å². The average Bonchev–Trinajstić information content (AvgIpc) is 3.09. The summed E-state index contributed by atoms with van der Waals surface area (Å²) < 4.78 is 4.08. The van der Waals surface area contributed by atoms with Crippen LogP contribution >= 0.6 is 27.5 Å². The molecule has 0 aliphatic carbocycles.